The Balaban J connectivity index is 1.99. The number of amides is 1. The molecule has 1 aromatic rings. The van der Waals surface area contributed by atoms with E-state index in [2.05, 4.69) is 27.9 Å². The largest absolute Gasteiger partial charge is 0.326 e. The first-order valence-electron chi connectivity index (χ1n) is 4.82. The fourth-order valence-corrected chi connectivity index (χ4v) is 2.02. The van der Waals surface area contributed by atoms with Gasteiger partial charge in [0.05, 0.1) is 0 Å². The number of carbonyl (C=O) groups is 1. The molecule has 74 valence electrons. The highest BCUT2D eigenvalue weighted by atomic mass is 127. The fourth-order valence-electron chi connectivity index (χ4n) is 1.48. The van der Waals surface area contributed by atoms with Crippen LogP contribution in [0.2, 0.25) is 0 Å². The van der Waals surface area contributed by atoms with Crippen molar-refractivity contribution < 1.29 is 4.79 Å². The zero-order valence-electron chi connectivity index (χ0n) is 7.79. The third kappa shape index (κ3) is 2.26. The molecule has 0 unspecified atom stereocenters. The summed E-state index contributed by atoms with van der Waals surface area (Å²) in [4.78, 5) is 11.6. The zero-order chi connectivity index (χ0) is 9.97. The Morgan fingerprint density at radius 3 is 2.79 bits per heavy atom. The van der Waals surface area contributed by atoms with Gasteiger partial charge in [0, 0.05) is 15.2 Å². The molecule has 0 aromatic heterocycles. The molecule has 1 aliphatic carbocycles. The third-order valence-corrected chi connectivity index (χ3v) is 3.24. The number of anilines is 1. The van der Waals surface area contributed by atoms with E-state index in [4.69, 9.17) is 0 Å². The lowest BCUT2D eigenvalue weighted by molar-refractivity contribution is -0.122. The van der Waals surface area contributed by atoms with Crippen LogP contribution in [0.3, 0.4) is 0 Å². The van der Waals surface area contributed by atoms with Crippen LogP contribution < -0.4 is 5.32 Å². The van der Waals surface area contributed by atoms with Gasteiger partial charge in [-0.25, -0.2) is 0 Å². The van der Waals surface area contributed by atoms with Crippen molar-refractivity contribution in [3.8, 4) is 0 Å². The van der Waals surface area contributed by atoms with Gasteiger partial charge in [-0.3, -0.25) is 4.79 Å². The summed E-state index contributed by atoms with van der Waals surface area (Å²) >= 11 is 2.24. The van der Waals surface area contributed by atoms with Gasteiger partial charge in [-0.05, 0) is 53.6 Å². The van der Waals surface area contributed by atoms with Gasteiger partial charge in [0.2, 0.25) is 5.91 Å². The molecular weight excluding hydrogens is 289 g/mol. The van der Waals surface area contributed by atoms with Crippen molar-refractivity contribution in [3.63, 3.8) is 0 Å². The number of hydrogen-bond donors (Lipinski definition) is 1. The lowest BCUT2D eigenvalue weighted by Crippen LogP contribution is -2.27. The number of rotatable bonds is 2. The van der Waals surface area contributed by atoms with Crippen LogP contribution in [0.1, 0.15) is 19.3 Å². The minimum atomic E-state index is 0.179. The fraction of sp³-hybridized carbons (Fsp3) is 0.364. The highest BCUT2D eigenvalue weighted by Crippen LogP contribution is 2.27. The molecule has 0 radical (unpaired) electrons. The molecule has 2 rings (SSSR count). The second-order valence-electron chi connectivity index (χ2n) is 3.63. The van der Waals surface area contributed by atoms with Gasteiger partial charge in [0.1, 0.15) is 0 Å². The number of benzene rings is 1. The van der Waals surface area contributed by atoms with Gasteiger partial charge in [0.15, 0.2) is 0 Å². The highest BCUT2D eigenvalue weighted by Gasteiger charge is 2.24. The average Bonchev–Trinajstić information content (AvgIpc) is 1.99. The van der Waals surface area contributed by atoms with Crippen molar-refractivity contribution in [1.82, 2.24) is 0 Å². The Hall–Kier alpha value is -0.580. The topological polar surface area (TPSA) is 29.1 Å². The summed E-state index contributed by atoms with van der Waals surface area (Å²) in [6.07, 6.45) is 3.30. The van der Waals surface area contributed by atoms with Gasteiger partial charge < -0.3 is 5.32 Å². The molecule has 14 heavy (non-hydrogen) atoms. The molecule has 0 atom stereocenters. The first-order chi connectivity index (χ1) is 6.75. The maximum Gasteiger partial charge on any atom is 0.227 e. The minimum Gasteiger partial charge on any atom is -0.326 e. The van der Waals surface area contributed by atoms with Crippen LogP contribution in [0, 0.1) is 9.49 Å². The molecule has 1 N–H and O–H groups in total. The van der Waals surface area contributed by atoms with Crippen molar-refractivity contribution in [1.29, 1.82) is 0 Å². The SMILES string of the molecule is O=C(Nc1cccc(I)c1)C1CCC1. The molecule has 0 heterocycles. The van der Waals surface area contributed by atoms with Gasteiger partial charge >= 0.3 is 0 Å². The van der Waals surface area contributed by atoms with Crippen LogP contribution in [0.4, 0.5) is 5.69 Å². The van der Waals surface area contributed by atoms with Crippen LogP contribution in [-0.2, 0) is 4.79 Å². The van der Waals surface area contributed by atoms with Crippen LogP contribution in [-0.4, -0.2) is 5.91 Å². The third-order valence-electron chi connectivity index (χ3n) is 2.57. The van der Waals surface area contributed by atoms with E-state index < -0.39 is 0 Å². The Bertz CT molecular complexity index is 347. The van der Waals surface area contributed by atoms with Gasteiger partial charge in [-0.2, -0.15) is 0 Å². The minimum absolute atomic E-state index is 0.179. The van der Waals surface area contributed by atoms with E-state index in [1.165, 1.54) is 6.42 Å². The van der Waals surface area contributed by atoms with E-state index in [0.717, 1.165) is 22.1 Å². The van der Waals surface area contributed by atoms with E-state index in [1.54, 1.807) is 0 Å². The van der Waals surface area contributed by atoms with Crippen LogP contribution in [0.25, 0.3) is 0 Å². The standard InChI is InChI=1S/C11H12INO/c12-9-5-2-6-10(7-9)13-11(14)8-3-1-4-8/h2,5-8H,1,3-4H2,(H,13,14). The summed E-state index contributed by atoms with van der Waals surface area (Å²) in [5, 5.41) is 2.94. The molecule has 1 fully saturated rings. The van der Waals surface area contributed by atoms with Crippen molar-refractivity contribution in [2.45, 2.75) is 19.3 Å². The highest BCUT2D eigenvalue weighted by molar-refractivity contribution is 14.1. The first-order valence-corrected chi connectivity index (χ1v) is 5.90. The lowest BCUT2D eigenvalue weighted by Gasteiger charge is -2.24. The number of hydrogen-bond acceptors (Lipinski definition) is 1. The van der Waals surface area contributed by atoms with Crippen molar-refractivity contribution in [2.75, 3.05) is 5.32 Å². The molecule has 1 saturated carbocycles. The average molecular weight is 301 g/mol. The van der Waals surface area contributed by atoms with E-state index in [9.17, 15) is 4.79 Å². The Morgan fingerprint density at radius 2 is 2.21 bits per heavy atom. The van der Waals surface area contributed by atoms with Crippen LogP contribution in [0.15, 0.2) is 24.3 Å². The molecule has 0 spiro atoms. The summed E-state index contributed by atoms with van der Waals surface area (Å²) < 4.78 is 1.15. The van der Waals surface area contributed by atoms with Crippen LogP contribution >= 0.6 is 22.6 Å². The second kappa shape index (κ2) is 4.29. The van der Waals surface area contributed by atoms with Gasteiger partial charge in [-0.1, -0.05) is 12.5 Å². The molecule has 1 aliphatic rings. The summed E-state index contributed by atoms with van der Waals surface area (Å²) in [6.45, 7) is 0. The monoisotopic (exact) mass is 301 g/mol. The lowest BCUT2D eigenvalue weighted by atomic mass is 9.85. The summed E-state index contributed by atoms with van der Waals surface area (Å²) in [5.41, 5.74) is 0.911. The van der Waals surface area contributed by atoms with E-state index >= 15 is 0 Å². The Morgan fingerprint density at radius 1 is 1.43 bits per heavy atom. The van der Waals surface area contributed by atoms with Crippen molar-refractivity contribution >= 4 is 34.2 Å². The normalized spacial score (nSPS) is 16.1. The van der Waals surface area contributed by atoms with Crippen molar-refractivity contribution in [3.05, 3.63) is 27.8 Å². The smallest absolute Gasteiger partial charge is 0.227 e. The Kier molecular flexibility index (Phi) is 3.05. The predicted octanol–water partition coefficient (Wildman–Crippen LogP) is 3.03. The number of halogens is 1. The predicted molar refractivity (Wildman–Crippen MR) is 65.1 cm³/mol. The zero-order valence-corrected chi connectivity index (χ0v) is 9.95. The number of nitrogens with one attached hydrogen (secondary N) is 1. The van der Waals surface area contributed by atoms with Gasteiger partial charge in [-0.15, -0.1) is 0 Å². The molecule has 0 aliphatic heterocycles. The maximum absolute atomic E-state index is 11.6. The molecule has 0 saturated heterocycles. The van der Waals surface area contributed by atoms with Gasteiger partial charge in [0.25, 0.3) is 0 Å². The van der Waals surface area contributed by atoms with Crippen LogP contribution in [0.5, 0.6) is 0 Å². The van der Waals surface area contributed by atoms with E-state index in [-0.39, 0.29) is 11.8 Å². The summed E-state index contributed by atoms with van der Waals surface area (Å²) in [5.74, 6) is 0.436. The summed E-state index contributed by atoms with van der Waals surface area (Å²) in [7, 11) is 0. The first kappa shape index (κ1) is 9.96. The van der Waals surface area contributed by atoms with E-state index in [1.807, 2.05) is 24.3 Å². The molecule has 3 heteroatoms. The second-order valence-corrected chi connectivity index (χ2v) is 4.87. The Labute approximate surface area is 97.2 Å². The molecule has 1 aromatic carbocycles. The molecular formula is C11H12INO. The molecule has 0 bridgehead atoms. The number of carbonyl (C=O) groups excluding carboxylic acids is 1. The van der Waals surface area contributed by atoms with Crippen molar-refractivity contribution in [2.24, 2.45) is 5.92 Å². The molecule has 2 nitrogen and oxygen atoms in total. The summed E-state index contributed by atoms with van der Waals surface area (Å²) in [6, 6.07) is 7.88. The maximum atomic E-state index is 11.6. The quantitative estimate of drug-likeness (QED) is 0.836. The van der Waals surface area contributed by atoms with E-state index in [0.29, 0.717) is 0 Å². The molecule has 1 amide bonds.